The maximum absolute atomic E-state index is 11.5. The van der Waals surface area contributed by atoms with Crippen LogP contribution in [0.4, 0.5) is 17.1 Å². The third kappa shape index (κ3) is 3.62. The lowest BCUT2D eigenvalue weighted by Gasteiger charge is -2.29. The van der Waals surface area contributed by atoms with Gasteiger partial charge in [0.2, 0.25) is 5.91 Å². The number of hydrogen-bond acceptors (Lipinski definition) is 5. The van der Waals surface area contributed by atoms with E-state index in [1.165, 1.54) is 6.07 Å². The summed E-state index contributed by atoms with van der Waals surface area (Å²) in [6.45, 7) is 3.86. The molecule has 0 unspecified atom stereocenters. The highest BCUT2D eigenvalue weighted by Crippen LogP contribution is 2.37. The smallest absolute Gasteiger partial charge is 0.294 e. The molecule has 8 heteroatoms. The van der Waals surface area contributed by atoms with Gasteiger partial charge in [0.15, 0.2) is 0 Å². The number of ether oxygens (including phenoxy) is 1. The Bertz CT molecular complexity index is 559. The third-order valence-corrected chi connectivity index (χ3v) is 3.52. The number of anilines is 2. The molecular formula is C13H16ClN3O4. The number of nitro groups is 1. The fraction of sp³-hybridized carbons (Fsp3) is 0.462. The summed E-state index contributed by atoms with van der Waals surface area (Å²) in [6, 6.07) is 2.83. The number of amides is 1. The number of carbonyl (C=O) groups excluding carboxylic acids is 1. The van der Waals surface area contributed by atoms with Crippen molar-refractivity contribution in [3.8, 4) is 0 Å². The van der Waals surface area contributed by atoms with Crippen molar-refractivity contribution in [1.82, 2.24) is 0 Å². The summed E-state index contributed by atoms with van der Waals surface area (Å²) >= 11 is 6.02. The van der Waals surface area contributed by atoms with Crippen LogP contribution in [-0.4, -0.2) is 37.1 Å². The van der Waals surface area contributed by atoms with E-state index in [4.69, 9.17) is 16.3 Å². The Kier molecular flexibility index (Phi) is 4.98. The largest absolute Gasteiger partial charge is 0.378 e. The van der Waals surface area contributed by atoms with Crippen molar-refractivity contribution in [1.29, 1.82) is 0 Å². The predicted molar refractivity (Wildman–Crippen MR) is 80.1 cm³/mol. The molecule has 1 saturated heterocycles. The van der Waals surface area contributed by atoms with Crippen molar-refractivity contribution in [2.75, 3.05) is 36.5 Å². The number of benzene rings is 1. The minimum atomic E-state index is -0.470. The first-order valence-electron chi connectivity index (χ1n) is 6.63. The van der Waals surface area contributed by atoms with Crippen molar-refractivity contribution >= 4 is 34.6 Å². The van der Waals surface area contributed by atoms with E-state index in [1.807, 2.05) is 4.90 Å². The van der Waals surface area contributed by atoms with Crippen LogP contribution in [0.1, 0.15) is 13.3 Å². The van der Waals surface area contributed by atoms with Gasteiger partial charge < -0.3 is 15.0 Å². The first-order valence-corrected chi connectivity index (χ1v) is 7.01. The molecule has 1 aromatic carbocycles. The summed E-state index contributed by atoms with van der Waals surface area (Å²) in [7, 11) is 0. The van der Waals surface area contributed by atoms with Gasteiger partial charge >= 0.3 is 0 Å². The second-order valence-corrected chi connectivity index (χ2v) is 4.99. The molecule has 1 aromatic rings. The maximum Gasteiger partial charge on any atom is 0.294 e. The Labute approximate surface area is 127 Å². The van der Waals surface area contributed by atoms with Gasteiger partial charge in [0.05, 0.1) is 28.8 Å². The Morgan fingerprint density at radius 1 is 1.48 bits per heavy atom. The summed E-state index contributed by atoms with van der Waals surface area (Å²) in [6.07, 6.45) is 0.306. The van der Waals surface area contributed by atoms with Gasteiger partial charge in [-0.05, 0) is 6.07 Å². The highest BCUT2D eigenvalue weighted by molar-refractivity contribution is 6.34. The number of hydrogen-bond donors (Lipinski definition) is 1. The van der Waals surface area contributed by atoms with Crippen molar-refractivity contribution in [3.05, 3.63) is 27.3 Å². The lowest BCUT2D eigenvalue weighted by molar-refractivity contribution is -0.384. The molecule has 21 heavy (non-hydrogen) atoms. The SMILES string of the molecule is CCC(=O)Nc1cc(N2CCOCC2)c([N+](=O)[O-])cc1Cl. The summed E-state index contributed by atoms with van der Waals surface area (Å²) in [5.41, 5.74) is 0.756. The van der Waals surface area contributed by atoms with E-state index in [0.29, 0.717) is 44.1 Å². The Balaban J connectivity index is 2.41. The van der Waals surface area contributed by atoms with Crippen LogP contribution in [0.25, 0.3) is 0 Å². The van der Waals surface area contributed by atoms with Crippen molar-refractivity contribution in [2.24, 2.45) is 0 Å². The van der Waals surface area contributed by atoms with E-state index in [0.717, 1.165) is 0 Å². The molecule has 0 aliphatic carbocycles. The minimum absolute atomic E-state index is 0.0728. The van der Waals surface area contributed by atoms with Gasteiger partial charge in [-0.1, -0.05) is 18.5 Å². The third-order valence-electron chi connectivity index (χ3n) is 3.21. The number of nitrogens with zero attached hydrogens (tertiary/aromatic N) is 2. The van der Waals surface area contributed by atoms with Gasteiger partial charge in [0.25, 0.3) is 5.69 Å². The van der Waals surface area contributed by atoms with Crippen LogP contribution >= 0.6 is 11.6 Å². The highest BCUT2D eigenvalue weighted by atomic mass is 35.5. The summed E-state index contributed by atoms with van der Waals surface area (Å²) in [4.78, 5) is 24.1. The lowest BCUT2D eigenvalue weighted by Crippen LogP contribution is -2.36. The van der Waals surface area contributed by atoms with Gasteiger partial charge in [-0.3, -0.25) is 14.9 Å². The zero-order valence-corrected chi connectivity index (χ0v) is 12.4. The van der Waals surface area contributed by atoms with Crippen LogP contribution in [0.5, 0.6) is 0 Å². The summed E-state index contributed by atoms with van der Waals surface area (Å²) < 4.78 is 5.25. The molecule has 1 fully saturated rings. The lowest BCUT2D eigenvalue weighted by atomic mass is 10.2. The van der Waals surface area contributed by atoms with Crippen molar-refractivity contribution in [2.45, 2.75) is 13.3 Å². The second-order valence-electron chi connectivity index (χ2n) is 4.58. The van der Waals surface area contributed by atoms with Crippen molar-refractivity contribution in [3.63, 3.8) is 0 Å². The molecule has 1 aliphatic heterocycles. The highest BCUT2D eigenvalue weighted by Gasteiger charge is 2.24. The van der Waals surface area contributed by atoms with E-state index < -0.39 is 4.92 Å². The molecule has 0 radical (unpaired) electrons. The molecule has 1 aliphatic rings. The van der Waals surface area contributed by atoms with Crippen LogP contribution in [-0.2, 0) is 9.53 Å². The number of nitrogens with one attached hydrogen (secondary N) is 1. The van der Waals surface area contributed by atoms with Gasteiger partial charge in [-0.25, -0.2) is 0 Å². The van der Waals surface area contributed by atoms with E-state index in [-0.39, 0.29) is 16.6 Å². The molecule has 7 nitrogen and oxygen atoms in total. The topological polar surface area (TPSA) is 84.7 Å². The monoisotopic (exact) mass is 313 g/mol. The van der Waals surface area contributed by atoms with E-state index >= 15 is 0 Å². The molecular weight excluding hydrogens is 298 g/mol. The molecule has 1 amide bonds. The molecule has 0 saturated carbocycles. The van der Waals surface area contributed by atoms with Gasteiger partial charge in [0.1, 0.15) is 5.69 Å². The second kappa shape index (κ2) is 6.73. The van der Waals surface area contributed by atoms with Crippen LogP contribution < -0.4 is 10.2 Å². The quantitative estimate of drug-likeness (QED) is 0.681. The zero-order chi connectivity index (χ0) is 15.4. The molecule has 0 atom stereocenters. The Morgan fingerprint density at radius 2 is 2.14 bits per heavy atom. The number of rotatable bonds is 4. The van der Waals surface area contributed by atoms with E-state index in [1.54, 1.807) is 13.0 Å². The zero-order valence-electron chi connectivity index (χ0n) is 11.6. The molecule has 2 rings (SSSR count). The normalized spacial score (nSPS) is 14.9. The number of nitro benzene ring substituents is 1. The standard InChI is InChI=1S/C13H16ClN3O4/c1-2-13(18)15-10-8-11(16-3-5-21-6-4-16)12(17(19)20)7-9(10)14/h7-8H,2-6H2,1H3,(H,15,18). The predicted octanol–water partition coefficient (Wildman–Crippen LogP) is 2.43. The first-order chi connectivity index (χ1) is 10.0. The van der Waals surface area contributed by atoms with Crippen LogP contribution in [0.3, 0.4) is 0 Å². The van der Waals surface area contributed by atoms with Crippen LogP contribution in [0.15, 0.2) is 12.1 Å². The maximum atomic E-state index is 11.5. The van der Waals surface area contributed by atoms with Crippen LogP contribution in [0, 0.1) is 10.1 Å². The van der Waals surface area contributed by atoms with Gasteiger partial charge in [-0.15, -0.1) is 0 Å². The van der Waals surface area contributed by atoms with E-state index in [2.05, 4.69) is 5.32 Å². The van der Waals surface area contributed by atoms with E-state index in [9.17, 15) is 14.9 Å². The molecule has 114 valence electrons. The molecule has 0 spiro atoms. The summed E-state index contributed by atoms with van der Waals surface area (Å²) in [5, 5.41) is 14.0. The summed E-state index contributed by atoms with van der Waals surface area (Å²) in [5.74, 6) is -0.196. The minimum Gasteiger partial charge on any atom is -0.378 e. The Hall–Kier alpha value is -1.86. The molecule has 0 bridgehead atoms. The number of halogens is 1. The molecule has 0 aromatic heterocycles. The van der Waals surface area contributed by atoms with Crippen molar-refractivity contribution < 1.29 is 14.5 Å². The average molecular weight is 314 g/mol. The fourth-order valence-electron chi connectivity index (χ4n) is 2.09. The first kappa shape index (κ1) is 15.5. The average Bonchev–Trinajstić information content (AvgIpc) is 2.49. The van der Waals surface area contributed by atoms with Crippen LogP contribution in [0.2, 0.25) is 5.02 Å². The van der Waals surface area contributed by atoms with Gasteiger partial charge in [-0.2, -0.15) is 0 Å². The number of carbonyl (C=O) groups is 1. The molecule has 1 heterocycles. The van der Waals surface area contributed by atoms with Gasteiger partial charge in [0, 0.05) is 25.6 Å². The fourth-order valence-corrected chi connectivity index (χ4v) is 2.29. The Morgan fingerprint density at radius 3 is 2.71 bits per heavy atom. The number of morpholine rings is 1. The molecule has 1 N–H and O–H groups in total.